The summed E-state index contributed by atoms with van der Waals surface area (Å²) in [6.45, 7) is 0. The summed E-state index contributed by atoms with van der Waals surface area (Å²) in [6, 6.07) is 16.8. The van der Waals surface area contributed by atoms with Crippen LogP contribution in [0.3, 0.4) is 0 Å². The summed E-state index contributed by atoms with van der Waals surface area (Å²) in [4.78, 5) is 8.09. The van der Waals surface area contributed by atoms with Gasteiger partial charge in [-0.15, -0.1) is 0 Å². The number of nitrogens with one attached hydrogen (secondary N) is 1. The van der Waals surface area contributed by atoms with Crippen LogP contribution in [0.4, 0.5) is 10.2 Å². The van der Waals surface area contributed by atoms with E-state index in [4.69, 9.17) is 0 Å². The maximum absolute atomic E-state index is 13.4. The Kier molecular flexibility index (Phi) is 5.02. The Morgan fingerprint density at radius 3 is 2.67 bits per heavy atom. The van der Waals surface area contributed by atoms with E-state index in [0.717, 1.165) is 24.2 Å². The normalized spacial score (nSPS) is 20.9. The third kappa shape index (κ3) is 3.97. The molecule has 0 bridgehead atoms. The molecule has 0 saturated carbocycles. The molecule has 1 aliphatic heterocycles. The zero-order valence-electron chi connectivity index (χ0n) is 16.6. The van der Waals surface area contributed by atoms with E-state index in [9.17, 15) is 4.39 Å². The smallest absolute Gasteiger partial charge is 0.133 e. The predicted molar refractivity (Wildman–Crippen MR) is 125 cm³/mol. The number of hydrogen-bond donors (Lipinski definition) is 1. The molecule has 30 heavy (non-hydrogen) atoms. The number of H-pyrrole nitrogens is 1. The highest BCUT2D eigenvalue weighted by molar-refractivity contribution is 5.92. The van der Waals surface area contributed by atoms with Crippen LogP contribution in [0.25, 0.3) is 23.1 Å². The van der Waals surface area contributed by atoms with E-state index in [0.29, 0.717) is 0 Å². The van der Waals surface area contributed by atoms with E-state index in [2.05, 4.69) is 64.6 Å². The number of nitrogens with zero attached hydrogens (tertiary/aromatic N) is 1. The fourth-order valence-corrected chi connectivity index (χ4v) is 4.09. The number of allylic oxidation sites excluding steroid dienone is 6. The molecule has 1 aromatic heterocycles. The van der Waals surface area contributed by atoms with Crippen molar-refractivity contribution >= 4 is 35.1 Å². The molecule has 0 radical (unpaired) electrons. The molecule has 2 nitrogen and oxygen atoms in total. The molecule has 1 aliphatic carbocycles. The van der Waals surface area contributed by atoms with Gasteiger partial charge < -0.3 is 4.98 Å². The van der Waals surface area contributed by atoms with Crippen molar-refractivity contribution < 1.29 is 4.39 Å². The van der Waals surface area contributed by atoms with Crippen LogP contribution in [0.15, 0.2) is 89.7 Å². The van der Waals surface area contributed by atoms with Crippen molar-refractivity contribution in [2.45, 2.75) is 12.8 Å². The quantitative estimate of drug-likeness (QED) is 0.358. The molecule has 5 rings (SSSR count). The van der Waals surface area contributed by atoms with Crippen LogP contribution >= 0.6 is 0 Å². The first-order valence-corrected chi connectivity index (χ1v) is 10.4. The van der Waals surface area contributed by atoms with Crippen molar-refractivity contribution in [2.75, 3.05) is 0 Å². The topological polar surface area (TPSA) is 28.1 Å². The summed E-state index contributed by atoms with van der Waals surface area (Å²) < 4.78 is 13.4. The van der Waals surface area contributed by atoms with Crippen molar-refractivity contribution in [1.82, 2.24) is 4.98 Å². The van der Waals surface area contributed by atoms with Crippen LogP contribution < -0.4 is 0 Å². The van der Waals surface area contributed by atoms with Crippen LogP contribution in [0.2, 0.25) is 0 Å². The maximum Gasteiger partial charge on any atom is 0.133 e. The van der Waals surface area contributed by atoms with Crippen LogP contribution in [-0.4, -0.2) is 11.2 Å². The average molecular weight is 394 g/mol. The number of aromatic nitrogens is 1. The Bertz CT molecular complexity index is 1210. The van der Waals surface area contributed by atoms with Gasteiger partial charge in [-0.2, -0.15) is 0 Å². The zero-order valence-corrected chi connectivity index (χ0v) is 16.6. The van der Waals surface area contributed by atoms with Gasteiger partial charge in [0.25, 0.3) is 0 Å². The molecule has 148 valence electrons. The van der Waals surface area contributed by atoms with Gasteiger partial charge in [-0.25, -0.2) is 9.38 Å². The van der Waals surface area contributed by atoms with E-state index >= 15 is 0 Å². The Labute approximate surface area is 175 Å². The first-order chi connectivity index (χ1) is 14.7. The van der Waals surface area contributed by atoms with Gasteiger partial charge >= 0.3 is 0 Å². The lowest BCUT2D eigenvalue weighted by molar-refractivity contribution is 0.633. The Hall–Kier alpha value is -3.46. The van der Waals surface area contributed by atoms with Crippen molar-refractivity contribution in [3.05, 3.63) is 101 Å². The second-order valence-corrected chi connectivity index (χ2v) is 7.89. The number of aliphatic imine (C=N–C) groups is 1. The summed E-state index contributed by atoms with van der Waals surface area (Å²) in [5, 5.41) is 1.22. The fourth-order valence-electron chi connectivity index (χ4n) is 4.09. The molecule has 2 atom stereocenters. The van der Waals surface area contributed by atoms with Gasteiger partial charge in [0.2, 0.25) is 0 Å². The molecule has 2 aromatic carbocycles. The molecule has 1 N–H and O–H groups in total. The van der Waals surface area contributed by atoms with E-state index in [1.165, 1.54) is 28.2 Å². The molecule has 3 heteroatoms. The SMILES string of the molecule is FC1=CC(/C=C/C2C=Nc3[nH]c4ccc(/C=C/c5ccccc5)cc4c3C2)CC=C1. The zero-order chi connectivity index (χ0) is 20.3. The van der Waals surface area contributed by atoms with E-state index in [1.54, 1.807) is 6.08 Å². The first-order valence-electron chi connectivity index (χ1n) is 10.4. The molecule has 2 aliphatic rings. The minimum atomic E-state index is -0.150. The lowest BCUT2D eigenvalue weighted by atomic mass is 9.93. The number of fused-ring (bicyclic) bond motifs is 3. The number of rotatable bonds is 4. The number of halogens is 1. The van der Waals surface area contributed by atoms with Gasteiger partial charge in [-0.1, -0.05) is 66.8 Å². The summed E-state index contributed by atoms with van der Waals surface area (Å²) in [7, 11) is 0. The summed E-state index contributed by atoms with van der Waals surface area (Å²) in [5.41, 5.74) is 4.72. The number of benzene rings is 2. The monoisotopic (exact) mass is 394 g/mol. The molecule has 2 heterocycles. The molecule has 0 saturated heterocycles. The molecule has 0 amide bonds. The van der Waals surface area contributed by atoms with Crippen molar-refractivity contribution in [3.63, 3.8) is 0 Å². The highest BCUT2D eigenvalue weighted by atomic mass is 19.1. The van der Waals surface area contributed by atoms with Crippen molar-refractivity contribution in [2.24, 2.45) is 16.8 Å². The predicted octanol–water partition coefficient (Wildman–Crippen LogP) is 7.20. The van der Waals surface area contributed by atoms with Gasteiger partial charge in [-0.05, 0) is 48.3 Å². The molecule has 3 aromatic rings. The third-order valence-corrected chi connectivity index (χ3v) is 5.67. The standard InChI is InChI=1S/C27H23FN2/c28-23-8-4-7-20(15-23)11-12-22-17-25-24-16-21(10-9-19-5-2-1-3-6-19)13-14-26(24)30-27(25)29-18-22/h1-6,8-16,18,20,22,30H,7,17H2/b10-9+,12-11+. The lowest BCUT2D eigenvalue weighted by Gasteiger charge is -2.14. The molecule has 0 spiro atoms. The van der Waals surface area contributed by atoms with Crippen LogP contribution in [0.1, 0.15) is 23.1 Å². The second-order valence-electron chi connectivity index (χ2n) is 7.89. The van der Waals surface area contributed by atoms with E-state index in [1.807, 2.05) is 30.5 Å². The Morgan fingerprint density at radius 2 is 1.80 bits per heavy atom. The van der Waals surface area contributed by atoms with E-state index in [-0.39, 0.29) is 17.7 Å². The van der Waals surface area contributed by atoms with Crippen molar-refractivity contribution in [3.8, 4) is 0 Å². The van der Waals surface area contributed by atoms with Crippen molar-refractivity contribution in [1.29, 1.82) is 0 Å². The Balaban J connectivity index is 1.38. The van der Waals surface area contributed by atoms with Gasteiger partial charge in [0.05, 0.1) is 0 Å². The molecule has 0 fully saturated rings. The average Bonchev–Trinajstić information content (AvgIpc) is 3.14. The maximum atomic E-state index is 13.4. The van der Waals surface area contributed by atoms with E-state index < -0.39 is 0 Å². The summed E-state index contributed by atoms with van der Waals surface area (Å²) in [6.07, 6.45) is 17.4. The van der Waals surface area contributed by atoms with Gasteiger partial charge in [0.15, 0.2) is 0 Å². The third-order valence-electron chi connectivity index (χ3n) is 5.67. The van der Waals surface area contributed by atoms with Gasteiger partial charge in [0.1, 0.15) is 11.6 Å². The summed E-state index contributed by atoms with van der Waals surface area (Å²) >= 11 is 0. The van der Waals surface area contributed by atoms with Gasteiger partial charge in [-0.3, -0.25) is 0 Å². The minimum absolute atomic E-state index is 0.127. The highest BCUT2D eigenvalue weighted by Crippen LogP contribution is 2.34. The number of hydrogen-bond acceptors (Lipinski definition) is 1. The van der Waals surface area contributed by atoms with Crippen LogP contribution in [-0.2, 0) is 6.42 Å². The molecular formula is C27H23FN2. The summed E-state index contributed by atoms with van der Waals surface area (Å²) in [5.74, 6) is 1.15. The van der Waals surface area contributed by atoms with Crippen LogP contribution in [0, 0.1) is 11.8 Å². The molecular weight excluding hydrogens is 371 g/mol. The number of aromatic amines is 1. The first kappa shape index (κ1) is 18.6. The Morgan fingerprint density at radius 1 is 0.967 bits per heavy atom. The highest BCUT2D eigenvalue weighted by Gasteiger charge is 2.18. The largest absolute Gasteiger partial charge is 0.340 e. The van der Waals surface area contributed by atoms with Crippen LogP contribution in [0.5, 0.6) is 0 Å². The molecule has 2 unspecified atom stereocenters. The minimum Gasteiger partial charge on any atom is -0.340 e. The second kappa shape index (κ2) is 8.11. The van der Waals surface area contributed by atoms with Gasteiger partial charge in [0, 0.05) is 34.5 Å². The lowest BCUT2D eigenvalue weighted by Crippen LogP contribution is -2.07. The fraction of sp³-hybridized carbons (Fsp3) is 0.148.